The minimum Gasteiger partial charge on any atom is -0.396 e. The van der Waals surface area contributed by atoms with Gasteiger partial charge < -0.3 is 15.7 Å². The Hall–Kier alpha value is -1.88. The average molecular weight is 410 g/mol. The van der Waals surface area contributed by atoms with Crippen molar-refractivity contribution in [3.05, 3.63) is 64.7 Å². The molecule has 3 rings (SSSR count). The van der Waals surface area contributed by atoms with Crippen LogP contribution in [0.15, 0.2) is 42.5 Å². The van der Waals surface area contributed by atoms with Gasteiger partial charge in [-0.2, -0.15) is 0 Å². The Morgan fingerprint density at radius 2 is 1.87 bits per heavy atom. The number of piperidine rings is 1. The Kier molecular flexibility index (Phi) is 8.74. The lowest BCUT2D eigenvalue weighted by Gasteiger charge is -2.36. The lowest BCUT2D eigenvalue weighted by Crippen LogP contribution is -2.39. The Labute approximate surface area is 182 Å². The molecular formula is C26H39N3O. The number of hydrogen-bond donors (Lipinski definition) is 3. The summed E-state index contributed by atoms with van der Waals surface area (Å²) >= 11 is 0. The Morgan fingerprint density at radius 1 is 1.03 bits per heavy atom. The van der Waals surface area contributed by atoms with Gasteiger partial charge >= 0.3 is 0 Å². The molecule has 3 N–H and O–H groups in total. The summed E-state index contributed by atoms with van der Waals surface area (Å²) < 4.78 is 0. The summed E-state index contributed by atoms with van der Waals surface area (Å²) in [6.07, 6.45) is 3.42. The summed E-state index contributed by atoms with van der Waals surface area (Å²) in [4.78, 5) is 2.63. The molecule has 1 aliphatic rings. The largest absolute Gasteiger partial charge is 0.396 e. The monoisotopic (exact) mass is 409 g/mol. The molecule has 0 aliphatic carbocycles. The van der Waals surface area contributed by atoms with Crippen molar-refractivity contribution in [2.75, 3.05) is 25.0 Å². The molecule has 0 bridgehead atoms. The molecule has 2 unspecified atom stereocenters. The molecule has 30 heavy (non-hydrogen) atoms. The van der Waals surface area contributed by atoms with Crippen LogP contribution in [0.3, 0.4) is 0 Å². The predicted molar refractivity (Wildman–Crippen MR) is 127 cm³/mol. The third-order valence-electron chi connectivity index (χ3n) is 6.13. The average Bonchev–Trinajstić information content (AvgIpc) is 2.72. The highest BCUT2D eigenvalue weighted by molar-refractivity contribution is 5.49. The molecule has 4 nitrogen and oxygen atoms in total. The molecule has 0 amide bonds. The summed E-state index contributed by atoms with van der Waals surface area (Å²) in [5.41, 5.74) is 6.44. The fourth-order valence-electron chi connectivity index (χ4n) is 4.47. The normalized spacial score (nSPS) is 19.7. The minimum absolute atomic E-state index is 0.239. The van der Waals surface area contributed by atoms with Crippen molar-refractivity contribution in [3.8, 4) is 0 Å². The van der Waals surface area contributed by atoms with Crippen LogP contribution >= 0.6 is 0 Å². The highest BCUT2D eigenvalue weighted by Gasteiger charge is 2.22. The van der Waals surface area contributed by atoms with E-state index >= 15 is 0 Å². The van der Waals surface area contributed by atoms with E-state index in [1.165, 1.54) is 41.6 Å². The third kappa shape index (κ3) is 7.12. The van der Waals surface area contributed by atoms with E-state index in [9.17, 15) is 0 Å². The fourth-order valence-corrected chi connectivity index (χ4v) is 4.47. The number of nitrogens with zero attached hydrogens (tertiary/aromatic N) is 1. The molecular weight excluding hydrogens is 370 g/mol. The second-order valence-electron chi connectivity index (χ2n) is 9.08. The van der Waals surface area contributed by atoms with Crippen molar-refractivity contribution in [2.24, 2.45) is 5.92 Å². The van der Waals surface area contributed by atoms with Crippen LogP contribution in [0.25, 0.3) is 0 Å². The molecule has 2 aromatic carbocycles. The standard InChI is InChI=1S/C26H39N3O/c1-20-8-10-29(22(3)12-20)19-24-7-4-6-23(15-24)18-28-26-14-21(2)13-25(16-26)17-27-9-5-11-30/h4,6-7,13-16,20,22,27-28,30H,5,8-12,17-19H2,1-3H3. The zero-order chi connectivity index (χ0) is 21.3. The van der Waals surface area contributed by atoms with Gasteiger partial charge in [0.2, 0.25) is 0 Å². The van der Waals surface area contributed by atoms with E-state index in [0.29, 0.717) is 6.04 Å². The summed E-state index contributed by atoms with van der Waals surface area (Å²) in [6, 6.07) is 16.3. The van der Waals surface area contributed by atoms with Gasteiger partial charge in [0.05, 0.1) is 0 Å². The van der Waals surface area contributed by atoms with Crippen LogP contribution in [0, 0.1) is 12.8 Å². The molecule has 1 aliphatic heterocycles. The molecule has 1 fully saturated rings. The van der Waals surface area contributed by atoms with E-state index in [1.807, 2.05) is 0 Å². The van der Waals surface area contributed by atoms with Gasteiger partial charge in [-0.3, -0.25) is 4.90 Å². The molecule has 0 spiro atoms. The van der Waals surface area contributed by atoms with Gasteiger partial charge in [0.25, 0.3) is 0 Å². The van der Waals surface area contributed by atoms with Gasteiger partial charge in [0.1, 0.15) is 0 Å². The van der Waals surface area contributed by atoms with Crippen LogP contribution in [-0.4, -0.2) is 35.7 Å². The number of hydrogen-bond acceptors (Lipinski definition) is 4. The molecule has 4 heteroatoms. The van der Waals surface area contributed by atoms with Crippen LogP contribution < -0.4 is 10.6 Å². The highest BCUT2D eigenvalue weighted by Crippen LogP contribution is 2.24. The second kappa shape index (κ2) is 11.5. The van der Waals surface area contributed by atoms with Crippen molar-refractivity contribution in [3.63, 3.8) is 0 Å². The number of rotatable bonds is 10. The maximum atomic E-state index is 8.91. The Bertz CT molecular complexity index is 792. The van der Waals surface area contributed by atoms with E-state index in [4.69, 9.17) is 5.11 Å². The topological polar surface area (TPSA) is 47.5 Å². The van der Waals surface area contributed by atoms with Gasteiger partial charge in [-0.1, -0.05) is 37.3 Å². The maximum Gasteiger partial charge on any atom is 0.0443 e. The third-order valence-corrected chi connectivity index (χ3v) is 6.13. The summed E-state index contributed by atoms with van der Waals surface area (Å²) in [5, 5.41) is 15.9. The number of anilines is 1. The lowest BCUT2D eigenvalue weighted by atomic mass is 9.93. The first kappa shape index (κ1) is 22.8. The number of aryl methyl sites for hydroxylation is 1. The molecule has 0 saturated carbocycles. The zero-order valence-electron chi connectivity index (χ0n) is 19.0. The van der Waals surface area contributed by atoms with Gasteiger partial charge in [0.15, 0.2) is 0 Å². The lowest BCUT2D eigenvalue weighted by molar-refractivity contribution is 0.122. The van der Waals surface area contributed by atoms with Crippen molar-refractivity contribution < 1.29 is 5.11 Å². The molecule has 164 valence electrons. The number of aliphatic hydroxyl groups excluding tert-OH is 1. The fraction of sp³-hybridized carbons (Fsp3) is 0.538. The first-order chi connectivity index (χ1) is 14.5. The van der Waals surface area contributed by atoms with Crippen LogP contribution in [0.1, 0.15) is 55.4 Å². The van der Waals surface area contributed by atoms with E-state index in [0.717, 1.165) is 44.2 Å². The van der Waals surface area contributed by atoms with E-state index in [-0.39, 0.29) is 6.61 Å². The van der Waals surface area contributed by atoms with Gasteiger partial charge in [-0.25, -0.2) is 0 Å². The predicted octanol–water partition coefficient (Wildman–Crippen LogP) is 4.70. The first-order valence-electron chi connectivity index (χ1n) is 11.5. The molecule has 1 heterocycles. The number of likely N-dealkylation sites (tertiary alicyclic amines) is 1. The van der Waals surface area contributed by atoms with Crippen LogP contribution in [-0.2, 0) is 19.6 Å². The molecule has 0 radical (unpaired) electrons. The van der Waals surface area contributed by atoms with Crippen molar-refractivity contribution in [1.29, 1.82) is 0 Å². The van der Waals surface area contributed by atoms with E-state index in [2.05, 4.69) is 78.8 Å². The van der Waals surface area contributed by atoms with Crippen molar-refractivity contribution in [2.45, 2.75) is 65.7 Å². The summed E-state index contributed by atoms with van der Waals surface area (Å²) in [6.45, 7) is 11.9. The second-order valence-corrected chi connectivity index (χ2v) is 9.08. The van der Waals surface area contributed by atoms with Crippen LogP contribution in [0.2, 0.25) is 0 Å². The minimum atomic E-state index is 0.239. The van der Waals surface area contributed by atoms with Crippen LogP contribution in [0.4, 0.5) is 5.69 Å². The van der Waals surface area contributed by atoms with Gasteiger partial charge in [-0.05, 0) is 86.5 Å². The summed E-state index contributed by atoms with van der Waals surface area (Å²) in [7, 11) is 0. The maximum absolute atomic E-state index is 8.91. The Balaban J connectivity index is 1.55. The van der Waals surface area contributed by atoms with E-state index in [1.54, 1.807) is 0 Å². The molecule has 2 atom stereocenters. The van der Waals surface area contributed by atoms with Gasteiger partial charge in [0, 0.05) is 38.0 Å². The Morgan fingerprint density at radius 3 is 2.67 bits per heavy atom. The molecule has 1 saturated heterocycles. The van der Waals surface area contributed by atoms with Gasteiger partial charge in [-0.15, -0.1) is 0 Å². The van der Waals surface area contributed by atoms with E-state index < -0.39 is 0 Å². The number of nitrogens with one attached hydrogen (secondary N) is 2. The highest BCUT2D eigenvalue weighted by atomic mass is 16.3. The molecule has 2 aromatic rings. The van der Waals surface area contributed by atoms with Crippen molar-refractivity contribution >= 4 is 5.69 Å². The molecule has 0 aromatic heterocycles. The first-order valence-corrected chi connectivity index (χ1v) is 11.5. The van der Waals surface area contributed by atoms with Crippen molar-refractivity contribution in [1.82, 2.24) is 10.2 Å². The number of benzene rings is 2. The summed E-state index contributed by atoms with van der Waals surface area (Å²) in [5.74, 6) is 0.857. The quantitative estimate of drug-likeness (QED) is 0.498. The SMILES string of the molecule is Cc1cc(CNCCCO)cc(NCc2cccc(CN3CCC(C)CC3C)c2)c1. The van der Waals surface area contributed by atoms with Crippen LogP contribution in [0.5, 0.6) is 0 Å². The smallest absolute Gasteiger partial charge is 0.0443 e. The number of aliphatic hydroxyl groups is 1. The zero-order valence-corrected chi connectivity index (χ0v) is 19.0.